The third-order valence-electron chi connectivity index (χ3n) is 2.37. The summed E-state index contributed by atoms with van der Waals surface area (Å²) in [6, 6.07) is 10.3. The number of carbonyl (C=O) groups is 1. The smallest absolute Gasteiger partial charge is 0.255 e. The highest BCUT2D eigenvalue weighted by atomic mass is 32.1. The van der Waals surface area contributed by atoms with Crippen molar-refractivity contribution in [2.75, 3.05) is 5.32 Å². The second-order valence-corrected chi connectivity index (χ2v) is 4.07. The number of nitrogens with two attached hydrogens (primary N) is 1. The number of nitrogens with zero attached hydrogens (tertiary/aromatic N) is 1. The number of carbonyl (C=O) groups excluding carboxylic acids is 1. The fraction of sp³-hybridized carbons (Fsp3) is 0. The van der Waals surface area contributed by atoms with E-state index in [1.807, 2.05) is 0 Å². The summed E-state index contributed by atoms with van der Waals surface area (Å²) < 4.78 is 0. The van der Waals surface area contributed by atoms with Gasteiger partial charge in [0.2, 0.25) is 0 Å². The van der Waals surface area contributed by atoms with Crippen molar-refractivity contribution in [2.24, 2.45) is 5.73 Å². The summed E-state index contributed by atoms with van der Waals surface area (Å²) in [5.41, 5.74) is 7.48. The van der Waals surface area contributed by atoms with Gasteiger partial charge in [-0.15, -0.1) is 0 Å². The van der Waals surface area contributed by atoms with Crippen LogP contribution >= 0.6 is 12.2 Å². The molecule has 0 fully saturated rings. The number of hydrogen-bond acceptors (Lipinski definition) is 3. The number of rotatable bonds is 3. The van der Waals surface area contributed by atoms with Crippen molar-refractivity contribution in [1.29, 1.82) is 0 Å². The summed E-state index contributed by atoms with van der Waals surface area (Å²) in [7, 11) is 0. The lowest BCUT2D eigenvalue weighted by molar-refractivity contribution is 0.102. The summed E-state index contributed by atoms with van der Waals surface area (Å²) in [4.78, 5) is 16.1. The molecule has 90 valence electrons. The molecule has 4 nitrogen and oxygen atoms in total. The molecule has 3 N–H and O–H groups in total. The molecule has 1 amide bonds. The van der Waals surface area contributed by atoms with Crippen LogP contribution in [0.25, 0.3) is 0 Å². The van der Waals surface area contributed by atoms with Crippen molar-refractivity contribution in [1.82, 2.24) is 4.98 Å². The average Bonchev–Trinajstić information content (AvgIpc) is 2.40. The average molecular weight is 257 g/mol. The van der Waals surface area contributed by atoms with E-state index in [9.17, 15) is 4.79 Å². The number of thiocarbonyl (C=S) groups is 1. The number of benzene rings is 1. The second-order valence-electron chi connectivity index (χ2n) is 3.63. The van der Waals surface area contributed by atoms with Crippen LogP contribution in [0.2, 0.25) is 0 Å². The topological polar surface area (TPSA) is 68.0 Å². The Kier molecular flexibility index (Phi) is 3.64. The van der Waals surface area contributed by atoms with Gasteiger partial charge in [-0.3, -0.25) is 9.78 Å². The molecule has 18 heavy (non-hydrogen) atoms. The molecular formula is C13H11N3OS. The second kappa shape index (κ2) is 5.37. The number of hydrogen-bond donors (Lipinski definition) is 2. The van der Waals surface area contributed by atoms with Crippen LogP contribution in [-0.2, 0) is 0 Å². The van der Waals surface area contributed by atoms with Gasteiger partial charge in [-0.2, -0.15) is 0 Å². The Labute approximate surface area is 110 Å². The molecule has 1 aromatic heterocycles. The first kappa shape index (κ1) is 12.2. The fourth-order valence-corrected chi connectivity index (χ4v) is 1.56. The molecule has 5 heteroatoms. The number of pyridine rings is 1. The van der Waals surface area contributed by atoms with Crippen molar-refractivity contribution in [3.63, 3.8) is 0 Å². The molecule has 0 atom stereocenters. The van der Waals surface area contributed by atoms with Crippen molar-refractivity contribution >= 4 is 28.8 Å². The molecule has 0 aliphatic carbocycles. The minimum absolute atomic E-state index is 0.185. The maximum atomic E-state index is 11.9. The van der Waals surface area contributed by atoms with Crippen molar-refractivity contribution < 1.29 is 4.79 Å². The van der Waals surface area contributed by atoms with Crippen LogP contribution in [0.1, 0.15) is 15.9 Å². The van der Waals surface area contributed by atoms with Gasteiger partial charge in [-0.25, -0.2) is 0 Å². The van der Waals surface area contributed by atoms with E-state index in [4.69, 9.17) is 18.0 Å². The van der Waals surface area contributed by atoms with Crippen LogP contribution in [0.5, 0.6) is 0 Å². The van der Waals surface area contributed by atoms with E-state index in [-0.39, 0.29) is 5.91 Å². The van der Waals surface area contributed by atoms with Gasteiger partial charge in [0.15, 0.2) is 0 Å². The molecule has 2 rings (SSSR count). The molecule has 0 saturated carbocycles. The lowest BCUT2D eigenvalue weighted by atomic mass is 10.1. The zero-order valence-electron chi connectivity index (χ0n) is 9.46. The van der Waals surface area contributed by atoms with Gasteiger partial charge in [0, 0.05) is 29.2 Å². The van der Waals surface area contributed by atoms with Gasteiger partial charge in [0.1, 0.15) is 4.99 Å². The highest BCUT2D eigenvalue weighted by molar-refractivity contribution is 7.80. The Morgan fingerprint density at radius 1 is 1.06 bits per heavy atom. The van der Waals surface area contributed by atoms with Crippen LogP contribution in [-0.4, -0.2) is 15.9 Å². The molecular weight excluding hydrogens is 246 g/mol. The molecule has 2 aromatic rings. The third-order valence-corrected chi connectivity index (χ3v) is 2.61. The Balaban J connectivity index is 2.12. The SMILES string of the molecule is NC(=S)c1ccc(C(=O)Nc2ccncc2)cc1. The normalized spacial score (nSPS) is 9.78. The number of nitrogens with one attached hydrogen (secondary N) is 1. The van der Waals surface area contributed by atoms with Gasteiger partial charge in [0.25, 0.3) is 5.91 Å². The maximum absolute atomic E-state index is 11.9. The van der Waals surface area contributed by atoms with Gasteiger partial charge >= 0.3 is 0 Å². The molecule has 0 spiro atoms. The first-order valence-corrected chi connectivity index (χ1v) is 5.69. The minimum atomic E-state index is -0.185. The summed E-state index contributed by atoms with van der Waals surface area (Å²) in [5, 5.41) is 2.76. The molecule has 0 aliphatic rings. The van der Waals surface area contributed by atoms with Crippen LogP contribution < -0.4 is 11.1 Å². The highest BCUT2D eigenvalue weighted by Gasteiger charge is 2.06. The largest absolute Gasteiger partial charge is 0.389 e. The quantitative estimate of drug-likeness (QED) is 0.825. The Morgan fingerprint density at radius 2 is 1.61 bits per heavy atom. The summed E-state index contributed by atoms with van der Waals surface area (Å²) in [5.74, 6) is -0.185. The van der Waals surface area contributed by atoms with E-state index in [1.165, 1.54) is 0 Å². The lowest BCUT2D eigenvalue weighted by Crippen LogP contribution is -2.13. The van der Waals surface area contributed by atoms with Crippen LogP contribution in [0, 0.1) is 0 Å². The molecule has 0 saturated heterocycles. The first-order chi connectivity index (χ1) is 8.66. The standard InChI is InChI=1S/C13H11N3OS/c14-12(18)9-1-3-10(4-2-9)13(17)16-11-5-7-15-8-6-11/h1-8H,(H2,14,18)(H,15,16,17). The van der Waals surface area contributed by atoms with E-state index < -0.39 is 0 Å². The highest BCUT2D eigenvalue weighted by Crippen LogP contribution is 2.09. The molecule has 0 aliphatic heterocycles. The van der Waals surface area contributed by atoms with Crippen molar-refractivity contribution in [2.45, 2.75) is 0 Å². The Morgan fingerprint density at radius 3 is 2.17 bits per heavy atom. The molecule has 0 bridgehead atoms. The van der Waals surface area contributed by atoms with Gasteiger partial charge in [0.05, 0.1) is 0 Å². The van der Waals surface area contributed by atoms with Crippen LogP contribution in [0.4, 0.5) is 5.69 Å². The van der Waals surface area contributed by atoms with Crippen molar-refractivity contribution in [3.05, 3.63) is 59.9 Å². The van der Waals surface area contributed by atoms with Gasteiger partial charge in [-0.1, -0.05) is 24.4 Å². The van der Waals surface area contributed by atoms with Crippen molar-refractivity contribution in [3.8, 4) is 0 Å². The van der Waals surface area contributed by atoms with Gasteiger partial charge < -0.3 is 11.1 Å². The number of aromatic nitrogens is 1. The molecule has 0 radical (unpaired) electrons. The Bertz CT molecular complexity index is 567. The zero-order chi connectivity index (χ0) is 13.0. The molecule has 1 aromatic carbocycles. The maximum Gasteiger partial charge on any atom is 0.255 e. The zero-order valence-corrected chi connectivity index (χ0v) is 10.3. The van der Waals surface area contributed by atoms with Crippen LogP contribution in [0.15, 0.2) is 48.8 Å². The van der Waals surface area contributed by atoms with Gasteiger partial charge in [-0.05, 0) is 24.3 Å². The monoisotopic (exact) mass is 257 g/mol. The van der Waals surface area contributed by atoms with E-state index in [1.54, 1.807) is 48.8 Å². The predicted octanol–water partition coefficient (Wildman–Crippen LogP) is 1.97. The van der Waals surface area contributed by atoms with E-state index in [0.717, 1.165) is 5.56 Å². The molecule has 0 unspecified atom stereocenters. The van der Waals surface area contributed by atoms with E-state index in [0.29, 0.717) is 16.2 Å². The summed E-state index contributed by atoms with van der Waals surface area (Å²) >= 11 is 4.85. The Hall–Kier alpha value is -2.27. The summed E-state index contributed by atoms with van der Waals surface area (Å²) in [6.07, 6.45) is 3.23. The summed E-state index contributed by atoms with van der Waals surface area (Å²) in [6.45, 7) is 0. The lowest BCUT2D eigenvalue weighted by Gasteiger charge is -2.05. The molecule has 1 heterocycles. The fourth-order valence-electron chi connectivity index (χ4n) is 1.42. The first-order valence-electron chi connectivity index (χ1n) is 5.28. The number of anilines is 1. The van der Waals surface area contributed by atoms with E-state index >= 15 is 0 Å². The number of amides is 1. The predicted molar refractivity (Wildman–Crippen MR) is 74.5 cm³/mol. The minimum Gasteiger partial charge on any atom is -0.389 e. The van der Waals surface area contributed by atoms with E-state index in [2.05, 4.69) is 10.3 Å². The van der Waals surface area contributed by atoms with Crippen LogP contribution in [0.3, 0.4) is 0 Å². The third kappa shape index (κ3) is 2.89.